The molecule has 2 saturated carbocycles. The molecule has 15 nitrogen and oxygen atoms in total. The van der Waals surface area contributed by atoms with Crippen LogP contribution in [0.3, 0.4) is 0 Å². The van der Waals surface area contributed by atoms with Gasteiger partial charge in [0.2, 0.25) is 0 Å². The van der Waals surface area contributed by atoms with Gasteiger partial charge in [0, 0.05) is 42.6 Å². The summed E-state index contributed by atoms with van der Waals surface area (Å²) in [5.41, 5.74) is -6.18. The summed E-state index contributed by atoms with van der Waals surface area (Å²) in [4.78, 5) is 80.6. The van der Waals surface area contributed by atoms with E-state index in [1.807, 2.05) is 0 Å². The Morgan fingerprint density at radius 2 is 1.57 bits per heavy atom. The zero-order valence-corrected chi connectivity index (χ0v) is 36.2. The summed E-state index contributed by atoms with van der Waals surface area (Å²) in [5, 5.41) is 30.9. The number of esters is 4. The number of carbonyl (C=O) groups is 6. The van der Waals surface area contributed by atoms with E-state index in [1.54, 1.807) is 97.0 Å². The van der Waals surface area contributed by atoms with E-state index in [2.05, 4.69) is 10.6 Å². The summed E-state index contributed by atoms with van der Waals surface area (Å²) in [6.07, 6.45) is -4.31. The van der Waals surface area contributed by atoms with Gasteiger partial charge in [-0.05, 0) is 76.6 Å². The predicted octanol–water partition coefficient (Wildman–Crippen LogP) is 4.88. The second-order valence-electron chi connectivity index (χ2n) is 18.7. The van der Waals surface area contributed by atoms with Crippen LogP contribution >= 0.6 is 0 Å². The smallest absolute Gasteiger partial charge is 0.342 e. The van der Waals surface area contributed by atoms with Crippen LogP contribution in [0.15, 0.2) is 72.0 Å². The van der Waals surface area contributed by atoms with Crippen LogP contribution in [0.2, 0.25) is 0 Å². The van der Waals surface area contributed by atoms with Crippen molar-refractivity contribution in [2.75, 3.05) is 6.61 Å². The molecule has 2 amide bonds. The average molecular weight is 847 g/mol. The molecule has 0 aromatic heterocycles. The van der Waals surface area contributed by atoms with Crippen molar-refractivity contribution >= 4 is 36.2 Å². The fourth-order valence-electron chi connectivity index (χ4n) is 10.4. The average Bonchev–Trinajstić information content (AvgIpc) is 3.90. The quantitative estimate of drug-likeness (QED) is 0.120. The molecule has 4 aliphatic rings. The first-order valence-electron chi connectivity index (χ1n) is 20.7. The Balaban J connectivity index is 1.49. The van der Waals surface area contributed by atoms with Crippen LogP contribution in [0.5, 0.6) is 0 Å². The molecule has 1 aliphatic heterocycles. The zero-order chi connectivity index (χ0) is 44.9. The molecule has 1 heterocycles. The summed E-state index contributed by atoms with van der Waals surface area (Å²) in [5.74, 6) is -5.82. The number of aldehydes is 1. The molecule has 11 atom stereocenters. The van der Waals surface area contributed by atoms with Crippen LogP contribution in [0.4, 0.5) is 4.79 Å². The number of aliphatic hydroxyl groups excluding tert-OH is 1. The first-order chi connectivity index (χ1) is 28.5. The molecular weight excluding hydrogens is 789 g/mol. The number of aliphatic hydroxyl groups is 2. The van der Waals surface area contributed by atoms with E-state index in [0.717, 1.165) is 6.29 Å². The van der Waals surface area contributed by atoms with Crippen LogP contribution in [-0.4, -0.2) is 94.2 Å². The standard InChI is InChI=1S/C46H58N2O13/c1-25-32(59-40(54)36(52)35(29-16-12-10-13-17-29)47-41(55)48-42(5,6)7)22-46(56,43(8,9)34(25)26(2)58-27(3)50)38(60-39(53)30-18-14-11-15-19-30)37-44(23-49)21-31(44)20-33-45(37,24-57-33)61-28(4)51/h10-19,23,26,31,33-38,52,56H,20-22,24H2,1-9H3,(H2,47,48,55)/t26-,31+,33?,34?,35-,36+,37-,38-,44+,45-,46+/m0/s1. The first kappa shape index (κ1) is 45.4. The Bertz CT molecular complexity index is 2060. The molecule has 2 aromatic carbocycles. The van der Waals surface area contributed by atoms with Gasteiger partial charge < -0.3 is 49.3 Å². The number of urea groups is 1. The molecule has 330 valence electrons. The number of fused-ring (bicyclic) bond motifs is 2. The zero-order valence-electron chi connectivity index (χ0n) is 36.2. The third-order valence-electron chi connectivity index (χ3n) is 13.2. The third kappa shape index (κ3) is 8.44. The third-order valence-corrected chi connectivity index (χ3v) is 13.2. The van der Waals surface area contributed by atoms with E-state index in [1.165, 1.54) is 26.0 Å². The van der Waals surface area contributed by atoms with Crippen molar-refractivity contribution in [3.63, 3.8) is 0 Å². The highest BCUT2D eigenvalue weighted by atomic mass is 16.6. The highest BCUT2D eigenvalue weighted by Gasteiger charge is 2.80. The lowest BCUT2D eigenvalue weighted by atomic mass is 9.51. The normalized spacial score (nSPS) is 30.6. The van der Waals surface area contributed by atoms with E-state index in [0.29, 0.717) is 24.0 Å². The minimum atomic E-state index is -2.28. The number of hydrogen-bond acceptors (Lipinski definition) is 13. The van der Waals surface area contributed by atoms with Crippen molar-refractivity contribution in [1.29, 1.82) is 0 Å². The lowest BCUT2D eigenvalue weighted by Gasteiger charge is -2.62. The van der Waals surface area contributed by atoms with Gasteiger partial charge in [-0.1, -0.05) is 62.4 Å². The molecule has 2 aromatic rings. The number of carbonyl (C=O) groups excluding carboxylic acids is 6. The second kappa shape index (κ2) is 16.6. The van der Waals surface area contributed by atoms with Gasteiger partial charge in [0.25, 0.3) is 0 Å². The van der Waals surface area contributed by atoms with Crippen molar-refractivity contribution in [3.05, 3.63) is 83.1 Å². The number of nitrogens with one attached hydrogen (secondary N) is 2. The molecule has 2 unspecified atom stereocenters. The van der Waals surface area contributed by atoms with Gasteiger partial charge in [-0.2, -0.15) is 0 Å². The lowest BCUT2D eigenvalue weighted by Crippen LogP contribution is -2.76. The molecule has 4 N–H and O–H groups in total. The second-order valence-corrected chi connectivity index (χ2v) is 18.7. The maximum absolute atomic E-state index is 14.3. The highest BCUT2D eigenvalue weighted by molar-refractivity contribution is 5.89. The lowest BCUT2D eigenvalue weighted by molar-refractivity contribution is -0.322. The molecule has 6 rings (SSSR count). The highest BCUT2D eigenvalue weighted by Crippen LogP contribution is 2.72. The van der Waals surface area contributed by atoms with Crippen molar-refractivity contribution in [2.24, 2.45) is 28.6 Å². The Morgan fingerprint density at radius 1 is 0.951 bits per heavy atom. The van der Waals surface area contributed by atoms with Crippen molar-refractivity contribution in [2.45, 2.75) is 129 Å². The SMILES string of the molecule is CC(=O)O[C@@H](C)C1C(C)=C(OC(=O)[C@H](O)[C@@H](NC(=O)NC(C)(C)C)c2ccccc2)C[C@@](O)([C@@H](OC(=O)c2ccccc2)[C@H]2[C@@]3(C=O)C[C@H]3CC3OC[C@]32OC(C)=O)C1(C)C. The molecule has 1 saturated heterocycles. The number of amides is 2. The number of hydrogen-bond donors (Lipinski definition) is 4. The topological polar surface area (TPSA) is 213 Å². The van der Waals surface area contributed by atoms with Crippen LogP contribution in [-0.2, 0) is 42.9 Å². The molecule has 15 heteroatoms. The summed E-state index contributed by atoms with van der Waals surface area (Å²) < 4.78 is 30.4. The fraction of sp³-hybridized carbons (Fsp3) is 0.565. The summed E-state index contributed by atoms with van der Waals surface area (Å²) in [7, 11) is 0. The van der Waals surface area contributed by atoms with E-state index in [9.17, 15) is 39.0 Å². The van der Waals surface area contributed by atoms with Crippen LogP contribution in [0.25, 0.3) is 0 Å². The monoisotopic (exact) mass is 846 g/mol. The molecule has 0 bridgehead atoms. The van der Waals surface area contributed by atoms with E-state index in [-0.39, 0.29) is 23.8 Å². The molecule has 61 heavy (non-hydrogen) atoms. The number of ether oxygens (including phenoxy) is 5. The van der Waals surface area contributed by atoms with Gasteiger partial charge in [-0.15, -0.1) is 0 Å². The first-order valence-corrected chi connectivity index (χ1v) is 20.7. The molecule has 3 fully saturated rings. The van der Waals surface area contributed by atoms with Crippen LogP contribution in [0.1, 0.15) is 104 Å². The van der Waals surface area contributed by atoms with Crippen molar-refractivity contribution in [1.82, 2.24) is 10.6 Å². The van der Waals surface area contributed by atoms with Gasteiger partial charge in [0.05, 0.1) is 24.1 Å². The minimum Gasteiger partial charge on any atom is -0.462 e. The van der Waals surface area contributed by atoms with Crippen molar-refractivity contribution in [3.8, 4) is 0 Å². The summed E-state index contributed by atoms with van der Waals surface area (Å²) in [6.45, 7) is 14.3. The van der Waals surface area contributed by atoms with Crippen molar-refractivity contribution < 1.29 is 62.7 Å². The Morgan fingerprint density at radius 3 is 2.11 bits per heavy atom. The van der Waals surface area contributed by atoms with E-state index in [4.69, 9.17) is 23.7 Å². The van der Waals surface area contributed by atoms with Gasteiger partial charge in [-0.3, -0.25) is 9.59 Å². The number of benzene rings is 2. The molecule has 0 spiro atoms. The predicted molar refractivity (Wildman–Crippen MR) is 218 cm³/mol. The van der Waals surface area contributed by atoms with E-state index < -0.39 is 106 Å². The van der Waals surface area contributed by atoms with Gasteiger partial charge in [0.15, 0.2) is 11.7 Å². The van der Waals surface area contributed by atoms with Crippen LogP contribution < -0.4 is 10.6 Å². The minimum absolute atomic E-state index is 0.132. The number of rotatable bonds is 13. The Hall–Kier alpha value is -5.12. The van der Waals surface area contributed by atoms with Gasteiger partial charge in [0.1, 0.15) is 36.0 Å². The van der Waals surface area contributed by atoms with E-state index >= 15 is 0 Å². The van der Waals surface area contributed by atoms with Gasteiger partial charge >= 0.3 is 29.9 Å². The molecular formula is C46H58N2O13. The van der Waals surface area contributed by atoms with Crippen LogP contribution in [0, 0.1) is 28.6 Å². The maximum atomic E-state index is 14.3. The summed E-state index contributed by atoms with van der Waals surface area (Å²) in [6, 6.07) is 14.5. The largest absolute Gasteiger partial charge is 0.462 e. The Kier molecular flexibility index (Phi) is 12.4. The molecule has 3 aliphatic carbocycles. The van der Waals surface area contributed by atoms with Gasteiger partial charge in [-0.25, -0.2) is 14.4 Å². The summed E-state index contributed by atoms with van der Waals surface area (Å²) >= 11 is 0. The molecule has 0 radical (unpaired) electrons. The Labute approximate surface area is 355 Å². The fourth-order valence-corrected chi connectivity index (χ4v) is 10.4. The maximum Gasteiger partial charge on any atom is 0.342 e.